The maximum absolute atomic E-state index is 12.3. The second-order valence-corrected chi connectivity index (χ2v) is 7.23. The number of fused-ring (bicyclic) bond motifs is 1. The van der Waals surface area contributed by atoms with Gasteiger partial charge in [0.2, 0.25) is 6.79 Å². The fourth-order valence-electron chi connectivity index (χ4n) is 3.18. The van der Waals surface area contributed by atoms with Gasteiger partial charge in [-0.25, -0.2) is 5.43 Å². The summed E-state index contributed by atoms with van der Waals surface area (Å²) in [7, 11) is 0. The molecule has 1 N–H and O–H groups in total. The van der Waals surface area contributed by atoms with Crippen molar-refractivity contribution in [3.8, 4) is 17.2 Å². The van der Waals surface area contributed by atoms with Crippen molar-refractivity contribution in [2.45, 2.75) is 13.8 Å². The second-order valence-electron chi connectivity index (χ2n) is 6.38. The minimum atomic E-state index is -0.311. The van der Waals surface area contributed by atoms with Crippen molar-refractivity contribution in [3.05, 3.63) is 75.5 Å². The molecule has 28 heavy (non-hydrogen) atoms. The lowest BCUT2D eigenvalue weighted by atomic mass is 10.2. The minimum absolute atomic E-state index is 0.172. The number of para-hydroxylation sites is 1. The van der Waals surface area contributed by atoms with Gasteiger partial charge in [0.05, 0.1) is 11.9 Å². The number of aryl methyl sites for hydroxylation is 1. The summed E-state index contributed by atoms with van der Waals surface area (Å²) < 4.78 is 13.7. The first-order chi connectivity index (χ1) is 13.5. The monoisotopic (exact) mass is 439 g/mol. The maximum Gasteiger partial charge on any atom is 0.271 e. The van der Waals surface area contributed by atoms with Crippen LogP contribution >= 0.6 is 15.9 Å². The van der Waals surface area contributed by atoms with Gasteiger partial charge >= 0.3 is 0 Å². The summed E-state index contributed by atoms with van der Waals surface area (Å²) in [6, 6.07) is 15.1. The van der Waals surface area contributed by atoms with E-state index in [9.17, 15) is 4.79 Å². The van der Waals surface area contributed by atoms with Crippen molar-refractivity contribution in [1.82, 2.24) is 9.99 Å². The lowest BCUT2D eigenvalue weighted by Crippen LogP contribution is -2.17. The summed E-state index contributed by atoms with van der Waals surface area (Å²) in [5.74, 6) is 0.891. The lowest BCUT2D eigenvalue weighted by molar-refractivity contribution is 0.0954. The number of hydrazone groups is 1. The van der Waals surface area contributed by atoms with E-state index < -0.39 is 0 Å². The number of ether oxygens (including phenoxy) is 2. The van der Waals surface area contributed by atoms with Gasteiger partial charge in [-0.1, -0.05) is 12.1 Å². The van der Waals surface area contributed by atoms with Crippen LogP contribution in [0.25, 0.3) is 5.69 Å². The molecule has 0 radical (unpaired) electrons. The predicted molar refractivity (Wildman–Crippen MR) is 111 cm³/mol. The molecule has 0 spiro atoms. The van der Waals surface area contributed by atoms with Gasteiger partial charge in [-0.05, 0) is 66.2 Å². The number of hydrogen-bond acceptors (Lipinski definition) is 4. The molecule has 0 bridgehead atoms. The summed E-state index contributed by atoms with van der Waals surface area (Å²) in [6.45, 7) is 4.23. The average molecular weight is 440 g/mol. The van der Waals surface area contributed by atoms with Crippen molar-refractivity contribution in [2.24, 2.45) is 5.10 Å². The van der Waals surface area contributed by atoms with Crippen molar-refractivity contribution < 1.29 is 14.3 Å². The summed E-state index contributed by atoms with van der Waals surface area (Å²) in [5, 5.41) is 4.12. The number of carbonyl (C=O) groups excluding carboxylic acids is 1. The van der Waals surface area contributed by atoms with Gasteiger partial charge in [0, 0.05) is 27.0 Å². The van der Waals surface area contributed by atoms with Crippen molar-refractivity contribution >= 4 is 28.1 Å². The fraction of sp³-hybridized carbons (Fsp3) is 0.143. The van der Waals surface area contributed by atoms with E-state index >= 15 is 0 Å². The predicted octanol–water partition coefficient (Wildman–Crippen LogP) is 4.35. The van der Waals surface area contributed by atoms with Crippen LogP contribution in [0.15, 0.2) is 58.1 Å². The van der Waals surface area contributed by atoms with E-state index in [1.54, 1.807) is 24.4 Å². The molecule has 1 amide bonds. The Balaban J connectivity index is 1.52. The van der Waals surface area contributed by atoms with E-state index in [1.165, 1.54) is 0 Å². The molecule has 4 rings (SSSR count). The molecule has 0 aliphatic carbocycles. The molecule has 142 valence electrons. The van der Waals surface area contributed by atoms with Gasteiger partial charge in [0.15, 0.2) is 11.5 Å². The van der Waals surface area contributed by atoms with Crippen LogP contribution in [-0.2, 0) is 0 Å². The normalized spacial score (nSPS) is 12.5. The number of rotatable bonds is 4. The summed E-state index contributed by atoms with van der Waals surface area (Å²) in [4.78, 5) is 12.3. The molecule has 1 aliphatic heterocycles. The lowest BCUT2D eigenvalue weighted by Gasteiger charge is -2.11. The molecule has 0 atom stereocenters. The van der Waals surface area contributed by atoms with Crippen LogP contribution in [0.5, 0.6) is 11.5 Å². The van der Waals surface area contributed by atoms with Crippen LogP contribution in [0.1, 0.15) is 27.3 Å². The Kier molecular flexibility index (Phi) is 4.92. The van der Waals surface area contributed by atoms with Crippen LogP contribution in [0, 0.1) is 13.8 Å². The first-order valence-corrected chi connectivity index (χ1v) is 9.51. The molecule has 3 aromatic rings. The number of nitrogens with zero attached hydrogens (tertiary/aromatic N) is 2. The first kappa shape index (κ1) is 18.3. The number of halogens is 1. The van der Waals surface area contributed by atoms with E-state index in [1.807, 2.05) is 44.2 Å². The molecular weight excluding hydrogens is 422 g/mol. The maximum atomic E-state index is 12.3. The van der Waals surface area contributed by atoms with E-state index in [2.05, 4.69) is 31.0 Å². The van der Waals surface area contributed by atoms with Crippen LogP contribution in [0.4, 0.5) is 0 Å². The van der Waals surface area contributed by atoms with Crippen molar-refractivity contribution in [1.29, 1.82) is 0 Å². The molecule has 7 heteroatoms. The highest BCUT2D eigenvalue weighted by Gasteiger charge is 2.16. The number of amides is 1. The van der Waals surface area contributed by atoms with Crippen molar-refractivity contribution in [3.63, 3.8) is 0 Å². The third-order valence-corrected chi connectivity index (χ3v) is 5.24. The Bertz CT molecular complexity index is 1090. The van der Waals surface area contributed by atoms with Crippen LogP contribution < -0.4 is 14.9 Å². The van der Waals surface area contributed by atoms with Crippen LogP contribution in [-0.4, -0.2) is 23.5 Å². The minimum Gasteiger partial charge on any atom is -0.454 e. The zero-order valence-electron chi connectivity index (χ0n) is 15.4. The Morgan fingerprint density at radius 1 is 1.14 bits per heavy atom. The van der Waals surface area contributed by atoms with E-state index in [0.29, 0.717) is 17.1 Å². The SMILES string of the molecule is Cc1cc(/C=N\NC(=O)c2ccc3c(c2)OCO3)c(C)n1-c1ccccc1Br. The number of aromatic nitrogens is 1. The highest BCUT2D eigenvalue weighted by atomic mass is 79.9. The largest absolute Gasteiger partial charge is 0.454 e. The smallest absolute Gasteiger partial charge is 0.271 e. The highest BCUT2D eigenvalue weighted by molar-refractivity contribution is 9.10. The van der Waals surface area contributed by atoms with Gasteiger partial charge in [-0.2, -0.15) is 5.10 Å². The molecule has 2 aromatic carbocycles. The van der Waals surface area contributed by atoms with Crippen molar-refractivity contribution in [2.75, 3.05) is 6.79 Å². The molecule has 1 aliphatic rings. The first-order valence-electron chi connectivity index (χ1n) is 8.71. The van der Waals surface area contributed by atoms with Gasteiger partial charge in [0.1, 0.15) is 0 Å². The molecule has 6 nitrogen and oxygen atoms in total. The zero-order chi connectivity index (χ0) is 19.7. The Hall–Kier alpha value is -3.06. The number of hydrogen-bond donors (Lipinski definition) is 1. The Labute approximate surface area is 170 Å². The summed E-state index contributed by atoms with van der Waals surface area (Å²) >= 11 is 3.60. The fourth-order valence-corrected chi connectivity index (χ4v) is 3.65. The average Bonchev–Trinajstić information content (AvgIpc) is 3.26. The highest BCUT2D eigenvalue weighted by Crippen LogP contribution is 2.32. The molecule has 0 unspecified atom stereocenters. The molecule has 0 saturated heterocycles. The molecular formula is C21H18BrN3O3. The van der Waals surface area contributed by atoms with Crippen LogP contribution in [0.2, 0.25) is 0 Å². The summed E-state index contributed by atoms with van der Waals surface area (Å²) in [5.41, 5.74) is 7.12. The number of benzene rings is 2. The van der Waals surface area contributed by atoms with Gasteiger partial charge in [-0.3, -0.25) is 4.79 Å². The molecule has 1 aromatic heterocycles. The van der Waals surface area contributed by atoms with E-state index in [0.717, 1.165) is 27.1 Å². The molecule has 2 heterocycles. The topological polar surface area (TPSA) is 64.8 Å². The quantitative estimate of drug-likeness (QED) is 0.485. The standard InChI is InChI=1S/C21H18BrN3O3/c1-13-9-16(14(2)25(13)18-6-4-3-5-17(18)22)11-23-24-21(26)15-7-8-19-20(10-15)28-12-27-19/h3-11H,12H2,1-2H3,(H,24,26)/b23-11-. The third kappa shape index (κ3) is 3.41. The zero-order valence-corrected chi connectivity index (χ0v) is 17.0. The van der Waals surface area contributed by atoms with Gasteiger partial charge in [-0.15, -0.1) is 0 Å². The third-order valence-electron chi connectivity index (χ3n) is 4.57. The molecule has 0 fully saturated rings. The number of nitrogens with one attached hydrogen (secondary N) is 1. The molecule has 0 saturated carbocycles. The second kappa shape index (κ2) is 7.52. The summed E-state index contributed by atoms with van der Waals surface area (Å²) in [6.07, 6.45) is 1.65. The van der Waals surface area contributed by atoms with Gasteiger partial charge in [0.25, 0.3) is 5.91 Å². The number of carbonyl (C=O) groups is 1. The Morgan fingerprint density at radius 3 is 2.75 bits per heavy atom. The van der Waals surface area contributed by atoms with E-state index in [-0.39, 0.29) is 12.7 Å². The Morgan fingerprint density at radius 2 is 1.93 bits per heavy atom. The van der Waals surface area contributed by atoms with Crippen LogP contribution in [0.3, 0.4) is 0 Å². The van der Waals surface area contributed by atoms with Gasteiger partial charge < -0.3 is 14.0 Å². The van der Waals surface area contributed by atoms with E-state index in [4.69, 9.17) is 9.47 Å².